The van der Waals surface area contributed by atoms with Crippen molar-refractivity contribution in [1.29, 1.82) is 0 Å². The fourth-order valence-electron chi connectivity index (χ4n) is 3.67. The number of aromatic nitrogens is 2. The van der Waals surface area contributed by atoms with Gasteiger partial charge < -0.3 is 34.2 Å². The lowest BCUT2D eigenvalue weighted by atomic mass is 10.1. The van der Waals surface area contributed by atoms with Gasteiger partial charge in [0.05, 0.1) is 52.1 Å². The number of ether oxygens (including phenoxy) is 6. The van der Waals surface area contributed by atoms with E-state index in [4.69, 9.17) is 34.2 Å². The minimum atomic E-state index is -0.689. The number of rotatable bonds is 12. The number of anilines is 1. The molecule has 13 nitrogen and oxygen atoms in total. The number of hydrogen-bond donors (Lipinski definition) is 1. The first-order valence-corrected chi connectivity index (χ1v) is 11.2. The number of benzene rings is 2. The highest BCUT2D eigenvalue weighted by molar-refractivity contribution is 5.72. The molecule has 2 N–H and O–H groups in total. The number of nitro benzene ring substituents is 1. The first kappa shape index (κ1) is 27.8. The Morgan fingerprint density at radius 3 is 2.03 bits per heavy atom. The van der Waals surface area contributed by atoms with E-state index in [1.54, 1.807) is 12.1 Å². The molecule has 0 saturated carbocycles. The van der Waals surface area contributed by atoms with Gasteiger partial charge in [-0.25, -0.2) is 9.97 Å². The van der Waals surface area contributed by atoms with Gasteiger partial charge in [-0.15, -0.1) is 0 Å². The highest BCUT2D eigenvalue weighted by Gasteiger charge is 2.21. The van der Waals surface area contributed by atoms with Crippen LogP contribution in [0.15, 0.2) is 30.5 Å². The maximum atomic E-state index is 12.4. The van der Waals surface area contributed by atoms with Gasteiger partial charge in [0.25, 0.3) is 5.69 Å². The van der Waals surface area contributed by atoms with Gasteiger partial charge in [0.1, 0.15) is 24.7 Å². The van der Waals surface area contributed by atoms with Gasteiger partial charge in [-0.05, 0) is 23.8 Å². The van der Waals surface area contributed by atoms with Crippen LogP contribution in [0.1, 0.15) is 22.5 Å². The molecule has 3 aromatic rings. The summed E-state index contributed by atoms with van der Waals surface area (Å²) >= 11 is 0. The van der Waals surface area contributed by atoms with E-state index in [0.717, 1.165) is 5.56 Å². The number of nitrogen functional groups attached to an aromatic ring is 1. The lowest BCUT2D eigenvalue weighted by Gasteiger charge is -2.14. The molecule has 0 spiro atoms. The quantitative estimate of drug-likeness (QED) is 0.208. The van der Waals surface area contributed by atoms with Crippen molar-refractivity contribution in [2.24, 2.45) is 0 Å². The number of nitro groups is 1. The predicted molar refractivity (Wildman–Crippen MR) is 135 cm³/mol. The third-order valence-electron chi connectivity index (χ3n) is 5.54. The van der Waals surface area contributed by atoms with Crippen LogP contribution in [0, 0.1) is 10.1 Å². The van der Waals surface area contributed by atoms with Crippen LogP contribution in [0.4, 0.5) is 11.5 Å². The van der Waals surface area contributed by atoms with Gasteiger partial charge in [-0.3, -0.25) is 14.9 Å². The molecule has 0 aliphatic heterocycles. The Morgan fingerprint density at radius 2 is 1.50 bits per heavy atom. The highest BCUT2D eigenvalue weighted by Crippen LogP contribution is 2.39. The van der Waals surface area contributed by atoms with E-state index in [2.05, 4.69) is 9.97 Å². The molecule has 38 heavy (non-hydrogen) atoms. The van der Waals surface area contributed by atoms with Crippen LogP contribution in [0.25, 0.3) is 0 Å². The minimum absolute atomic E-state index is 0.141. The fraction of sp³-hybridized carbons (Fsp3) is 0.320. The molecule has 0 atom stereocenters. The van der Waals surface area contributed by atoms with Crippen molar-refractivity contribution in [3.8, 4) is 28.7 Å². The van der Waals surface area contributed by atoms with Crippen LogP contribution in [0.2, 0.25) is 0 Å². The van der Waals surface area contributed by atoms with Crippen molar-refractivity contribution in [3.05, 3.63) is 63.1 Å². The Bertz CT molecular complexity index is 1310. The molecule has 0 radical (unpaired) electrons. The van der Waals surface area contributed by atoms with E-state index in [1.165, 1.54) is 53.9 Å². The predicted octanol–water partition coefficient (Wildman–Crippen LogP) is 2.89. The van der Waals surface area contributed by atoms with Crippen LogP contribution in [-0.4, -0.2) is 56.4 Å². The SMILES string of the molecule is COc1cc(COC(=O)Cc2ncc(Cc3cc(OC)c(OC)c(OC)c3)c(N)n2)c([N+](=O)[O-])cc1OC. The smallest absolute Gasteiger partial charge is 0.313 e. The van der Waals surface area contributed by atoms with Gasteiger partial charge in [0.15, 0.2) is 23.0 Å². The Kier molecular flexibility index (Phi) is 9.09. The van der Waals surface area contributed by atoms with Crippen molar-refractivity contribution >= 4 is 17.5 Å². The van der Waals surface area contributed by atoms with Gasteiger partial charge in [0, 0.05) is 18.2 Å². The molecule has 0 saturated heterocycles. The van der Waals surface area contributed by atoms with Gasteiger partial charge in [-0.2, -0.15) is 0 Å². The van der Waals surface area contributed by atoms with E-state index in [9.17, 15) is 14.9 Å². The van der Waals surface area contributed by atoms with Gasteiger partial charge in [-0.1, -0.05) is 0 Å². The molecular weight excluding hydrogens is 500 g/mol. The number of carbonyl (C=O) groups excluding carboxylic acids is 1. The van der Waals surface area contributed by atoms with Crippen LogP contribution >= 0.6 is 0 Å². The number of nitrogens with zero attached hydrogens (tertiary/aromatic N) is 3. The zero-order valence-corrected chi connectivity index (χ0v) is 21.6. The second-order valence-electron chi connectivity index (χ2n) is 7.84. The van der Waals surface area contributed by atoms with Crippen LogP contribution < -0.4 is 29.4 Å². The summed E-state index contributed by atoms with van der Waals surface area (Å²) in [5.41, 5.74) is 7.44. The van der Waals surface area contributed by atoms with E-state index < -0.39 is 10.9 Å². The second kappa shape index (κ2) is 12.4. The Morgan fingerprint density at radius 1 is 0.895 bits per heavy atom. The maximum absolute atomic E-state index is 12.4. The van der Waals surface area contributed by atoms with Crippen molar-refractivity contribution in [1.82, 2.24) is 9.97 Å². The number of hydrogen-bond acceptors (Lipinski definition) is 12. The van der Waals surface area contributed by atoms with E-state index in [1.807, 2.05) is 0 Å². The third kappa shape index (κ3) is 6.30. The molecule has 0 bridgehead atoms. The van der Waals surface area contributed by atoms with Crippen LogP contribution in [0.3, 0.4) is 0 Å². The molecular formula is C25H28N4O9. The molecule has 0 unspecified atom stereocenters. The van der Waals surface area contributed by atoms with E-state index in [0.29, 0.717) is 29.2 Å². The number of carbonyl (C=O) groups is 1. The molecule has 0 fully saturated rings. The lowest BCUT2D eigenvalue weighted by molar-refractivity contribution is -0.385. The van der Waals surface area contributed by atoms with Crippen LogP contribution in [0.5, 0.6) is 28.7 Å². The average molecular weight is 529 g/mol. The van der Waals surface area contributed by atoms with Crippen molar-refractivity contribution in [2.45, 2.75) is 19.4 Å². The molecule has 0 aliphatic carbocycles. The maximum Gasteiger partial charge on any atom is 0.313 e. The summed E-state index contributed by atoms with van der Waals surface area (Å²) in [4.78, 5) is 31.7. The fourth-order valence-corrected chi connectivity index (χ4v) is 3.67. The molecule has 2 aromatic carbocycles. The first-order valence-electron chi connectivity index (χ1n) is 11.2. The summed E-state index contributed by atoms with van der Waals surface area (Å²) in [6, 6.07) is 6.17. The number of methoxy groups -OCH3 is 5. The summed E-state index contributed by atoms with van der Waals surface area (Å²) in [5, 5.41) is 11.4. The zero-order chi connectivity index (χ0) is 27.8. The average Bonchev–Trinajstić information content (AvgIpc) is 2.91. The molecule has 13 heteroatoms. The number of nitrogens with two attached hydrogens (primary N) is 1. The Balaban J connectivity index is 1.71. The van der Waals surface area contributed by atoms with Gasteiger partial charge in [0.2, 0.25) is 5.75 Å². The summed E-state index contributed by atoms with van der Waals surface area (Å²) in [6.07, 6.45) is 1.61. The topological polar surface area (TPSA) is 167 Å². The molecule has 202 valence electrons. The normalized spacial score (nSPS) is 10.4. The van der Waals surface area contributed by atoms with Crippen molar-refractivity contribution in [3.63, 3.8) is 0 Å². The van der Waals surface area contributed by atoms with Crippen LogP contribution in [-0.2, 0) is 29.0 Å². The molecule has 1 heterocycles. The summed E-state index contributed by atoms with van der Waals surface area (Å²) < 4.78 is 31.6. The van der Waals surface area contributed by atoms with Gasteiger partial charge >= 0.3 is 5.97 Å². The molecule has 1 aromatic heterocycles. The monoisotopic (exact) mass is 528 g/mol. The number of esters is 1. The summed E-state index contributed by atoms with van der Waals surface area (Å²) in [7, 11) is 7.33. The minimum Gasteiger partial charge on any atom is -0.493 e. The zero-order valence-electron chi connectivity index (χ0n) is 21.6. The Labute approximate surface area is 218 Å². The van der Waals surface area contributed by atoms with E-state index >= 15 is 0 Å². The Hall–Kier alpha value is -4.81. The lowest BCUT2D eigenvalue weighted by Crippen LogP contribution is -2.13. The molecule has 0 aliphatic rings. The largest absolute Gasteiger partial charge is 0.493 e. The second-order valence-corrected chi connectivity index (χ2v) is 7.84. The van der Waals surface area contributed by atoms with E-state index in [-0.39, 0.29) is 47.4 Å². The third-order valence-corrected chi connectivity index (χ3v) is 5.54. The van der Waals surface area contributed by atoms with Crippen molar-refractivity contribution < 1.29 is 38.1 Å². The first-order chi connectivity index (χ1) is 18.2. The van der Waals surface area contributed by atoms with Crippen molar-refractivity contribution in [2.75, 3.05) is 41.3 Å². The summed E-state index contributed by atoms with van der Waals surface area (Å²) in [5.74, 6) is 1.55. The molecule has 3 rings (SSSR count). The highest BCUT2D eigenvalue weighted by atomic mass is 16.6. The summed E-state index contributed by atoms with van der Waals surface area (Å²) in [6.45, 7) is -0.357. The standard InChI is InChI=1S/C25H28N4O9/c1-33-18-9-16(17(29(31)32)10-19(18)34-2)13-38-23(30)11-22-27-12-15(25(26)28-22)6-14-7-20(35-3)24(37-5)21(8-14)36-4/h7-10,12H,6,11,13H2,1-5H3,(H2,26,27,28). The molecule has 0 amide bonds.